The Morgan fingerprint density at radius 2 is 1.56 bits per heavy atom. The predicted molar refractivity (Wildman–Crippen MR) is 82.0 cm³/mol. The molecule has 94 valence electrons. The molecule has 0 unspecified atom stereocenters. The molecule has 2 aromatic carbocycles. The molecule has 2 N–H and O–H groups in total. The van der Waals surface area contributed by atoms with E-state index < -0.39 is 0 Å². The standard InChI is InChI=1S/C16H18BrN/c1-10-11(2)14(16(18)15(17)12(10)3)9-13-7-5-4-6-8-13/h4-8H,9,18H2,1-3H3. The van der Waals surface area contributed by atoms with Crippen LogP contribution in [0.1, 0.15) is 27.8 Å². The van der Waals surface area contributed by atoms with Crippen LogP contribution >= 0.6 is 15.9 Å². The Morgan fingerprint density at radius 1 is 0.944 bits per heavy atom. The number of hydrogen-bond acceptors (Lipinski definition) is 1. The lowest BCUT2D eigenvalue weighted by Gasteiger charge is -2.17. The van der Waals surface area contributed by atoms with E-state index in [4.69, 9.17) is 5.73 Å². The molecular weight excluding hydrogens is 286 g/mol. The van der Waals surface area contributed by atoms with Gasteiger partial charge in [0.2, 0.25) is 0 Å². The minimum Gasteiger partial charge on any atom is -0.398 e. The van der Waals surface area contributed by atoms with E-state index in [9.17, 15) is 0 Å². The van der Waals surface area contributed by atoms with Crippen LogP contribution in [0.2, 0.25) is 0 Å². The molecule has 0 spiro atoms. The first kappa shape index (κ1) is 13.2. The van der Waals surface area contributed by atoms with Gasteiger partial charge in [0, 0.05) is 10.2 Å². The highest BCUT2D eigenvalue weighted by molar-refractivity contribution is 9.10. The molecule has 0 aromatic heterocycles. The molecule has 0 aliphatic heterocycles. The van der Waals surface area contributed by atoms with Gasteiger partial charge in [-0.15, -0.1) is 0 Å². The van der Waals surface area contributed by atoms with Crippen molar-refractivity contribution in [3.63, 3.8) is 0 Å². The first-order valence-electron chi connectivity index (χ1n) is 6.10. The smallest absolute Gasteiger partial charge is 0.0500 e. The van der Waals surface area contributed by atoms with Crippen LogP contribution in [0.5, 0.6) is 0 Å². The topological polar surface area (TPSA) is 26.0 Å². The minimum absolute atomic E-state index is 0.874. The molecule has 0 saturated heterocycles. The first-order valence-corrected chi connectivity index (χ1v) is 6.89. The number of benzene rings is 2. The Kier molecular flexibility index (Phi) is 3.76. The number of rotatable bonds is 2. The van der Waals surface area contributed by atoms with Gasteiger partial charge in [-0.2, -0.15) is 0 Å². The maximum absolute atomic E-state index is 6.25. The third kappa shape index (κ3) is 2.30. The summed E-state index contributed by atoms with van der Waals surface area (Å²) in [5.41, 5.74) is 13.5. The zero-order chi connectivity index (χ0) is 13.3. The Labute approximate surface area is 117 Å². The van der Waals surface area contributed by atoms with Gasteiger partial charge in [-0.1, -0.05) is 30.3 Å². The third-order valence-corrected chi connectivity index (χ3v) is 4.71. The van der Waals surface area contributed by atoms with Gasteiger partial charge >= 0.3 is 0 Å². The largest absolute Gasteiger partial charge is 0.398 e. The zero-order valence-corrected chi connectivity index (χ0v) is 12.6. The molecule has 0 fully saturated rings. The molecule has 18 heavy (non-hydrogen) atoms. The van der Waals surface area contributed by atoms with Crippen molar-refractivity contribution in [3.8, 4) is 0 Å². The van der Waals surface area contributed by atoms with E-state index in [0.717, 1.165) is 16.6 Å². The Hall–Kier alpha value is -1.28. The molecule has 0 heterocycles. The molecule has 0 amide bonds. The monoisotopic (exact) mass is 303 g/mol. The third-order valence-electron chi connectivity index (χ3n) is 3.69. The van der Waals surface area contributed by atoms with Crippen molar-refractivity contribution in [2.45, 2.75) is 27.2 Å². The highest BCUT2D eigenvalue weighted by Gasteiger charge is 2.13. The fourth-order valence-corrected chi connectivity index (χ4v) is 2.77. The summed E-state index contributed by atoms with van der Waals surface area (Å²) in [6.07, 6.45) is 0.887. The fourth-order valence-electron chi connectivity index (χ4n) is 2.24. The first-order chi connectivity index (χ1) is 8.52. The molecule has 0 bridgehead atoms. The molecule has 0 aliphatic rings. The van der Waals surface area contributed by atoms with Crippen molar-refractivity contribution < 1.29 is 0 Å². The van der Waals surface area contributed by atoms with E-state index in [1.165, 1.54) is 27.8 Å². The summed E-state index contributed by atoms with van der Waals surface area (Å²) in [7, 11) is 0. The van der Waals surface area contributed by atoms with Gasteiger partial charge in [-0.25, -0.2) is 0 Å². The Balaban J connectivity index is 2.52. The lowest BCUT2D eigenvalue weighted by molar-refractivity contribution is 1.12. The van der Waals surface area contributed by atoms with E-state index >= 15 is 0 Å². The average Bonchev–Trinajstić information content (AvgIpc) is 2.40. The molecule has 2 heteroatoms. The van der Waals surface area contributed by atoms with Crippen LogP contribution in [0.15, 0.2) is 34.8 Å². The fraction of sp³-hybridized carbons (Fsp3) is 0.250. The van der Waals surface area contributed by atoms with Gasteiger partial charge in [-0.05, 0) is 70.9 Å². The summed E-state index contributed by atoms with van der Waals surface area (Å²) < 4.78 is 1.04. The second-order valence-corrected chi connectivity index (χ2v) is 5.54. The summed E-state index contributed by atoms with van der Waals surface area (Å²) in [6.45, 7) is 6.42. The van der Waals surface area contributed by atoms with Crippen LogP contribution in [0, 0.1) is 20.8 Å². The molecule has 0 aliphatic carbocycles. The minimum atomic E-state index is 0.874. The van der Waals surface area contributed by atoms with Crippen molar-refractivity contribution in [1.29, 1.82) is 0 Å². The maximum Gasteiger partial charge on any atom is 0.0500 e. The van der Waals surface area contributed by atoms with E-state index in [1.807, 2.05) is 6.07 Å². The van der Waals surface area contributed by atoms with Crippen LogP contribution < -0.4 is 5.73 Å². The second-order valence-electron chi connectivity index (χ2n) is 4.74. The molecule has 0 saturated carbocycles. The van der Waals surface area contributed by atoms with Crippen molar-refractivity contribution in [2.75, 3.05) is 5.73 Å². The molecule has 2 aromatic rings. The number of hydrogen-bond donors (Lipinski definition) is 1. The van der Waals surface area contributed by atoms with Crippen LogP contribution in [-0.2, 0) is 6.42 Å². The van der Waals surface area contributed by atoms with Gasteiger partial charge in [0.1, 0.15) is 0 Å². The highest BCUT2D eigenvalue weighted by atomic mass is 79.9. The summed E-state index contributed by atoms with van der Waals surface area (Å²) in [6, 6.07) is 10.5. The Bertz CT molecular complexity index is 544. The van der Waals surface area contributed by atoms with Crippen molar-refractivity contribution in [3.05, 3.63) is 62.6 Å². The normalized spacial score (nSPS) is 10.7. The zero-order valence-electron chi connectivity index (χ0n) is 11.0. The predicted octanol–water partition coefficient (Wildman–Crippen LogP) is 4.55. The molecule has 1 nitrogen and oxygen atoms in total. The second kappa shape index (κ2) is 5.15. The van der Waals surface area contributed by atoms with Gasteiger partial charge in [-0.3, -0.25) is 0 Å². The Morgan fingerprint density at radius 3 is 2.17 bits per heavy atom. The van der Waals surface area contributed by atoms with E-state index in [0.29, 0.717) is 0 Å². The quantitative estimate of drug-likeness (QED) is 0.809. The van der Waals surface area contributed by atoms with Crippen LogP contribution in [0.3, 0.4) is 0 Å². The van der Waals surface area contributed by atoms with Crippen LogP contribution in [0.25, 0.3) is 0 Å². The van der Waals surface area contributed by atoms with E-state index in [-0.39, 0.29) is 0 Å². The van der Waals surface area contributed by atoms with Gasteiger partial charge < -0.3 is 5.73 Å². The SMILES string of the molecule is Cc1c(C)c(Br)c(N)c(Cc2ccccc2)c1C. The van der Waals surface area contributed by atoms with E-state index in [2.05, 4.69) is 61.0 Å². The van der Waals surface area contributed by atoms with Gasteiger partial charge in [0.15, 0.2) is 0 Å². The number of halogens is 1. The summed E-state index contributed by atoms with van der Waals surface area (Å²) >= 11 is 3.60. The van der Waals surface area contributed by atoms with Crippen LogP contribution in [-0.4, -0.2) is 0 Å². The van der Waals surface area contributed by atoms with Gasteiger partial charge in [0.25, 0.3) is 0 Å². The summed E-state index contributed by atoms with van der Waals surface area (Å²) in [5.74, 6) is 0. The van der Waals surface area contributed by atoms with Crippen LogP contribution in [0.4, 0.5) is 5.69 Å². The average molecular weight is 304 g/mol. The lowest BCUT2D eigenvalue weighted by atomic mass is 9.93. The molecule has 0 radical (unpaired) electrons. The summed E-state index contributed by atoms with van der Waals surface area (Å²) in [5, 5.41) is 0. The van der Waals surface area contributed by atoms with Crippen molar-refractivity contribution in [1.82, 2.24) is 0 Å². The van der Waals surface area contributed by atoms with Crippen molar-refractivity contribution >= 4 is 21.6 Å². The lowest BCUT2D eigenvalue weighted by Crippen LogP contribution is -2.04. The number of nitrogen functional groups attached to an aromatic ring is 1. The number of anilines is 1. The number of nitrogens with two attached hydrogens (primary N) is 1. The molecular formula is C16H18BrN. The molecule has 2 rings (SSSR count). The highest BCUT2D eigenvalue weighted by Crippen LogP contribution is 2.34. The van der Waals surface area contributed by atoms with Gasteiger partial charge in [0.05, 0.1) is 0 Å². The summed E-state index contributed by atoms with van der Waals surface area (Å²) in [4.78, 5) is 0. The molecule has 0 atom stereocenters. The van der Waals surface area contributed by atoms with E-state index in [1.54, 1.807) is 0 Å². The van der Waals surface area contributed by atoms with Crippen molar-refractivity contribution in [2.24, 2.45) is 0 Å². The maximum atomic E-state index is 6.25.